The Labute approximate surface area is 153 Å². The smallest absolute Gasteiger partial charge is 0.435 e. The Morgan fingerprint density at radius 3 is 2.37 bits per heavy atom. The molecule has 1 aromatic heterocycles. The zero-order valence-corrected chi connectivity index (χ0v) is 14.1. The summed E-state index contributed by atoms with van der Waals surface area (Å²) in [6.07, 6.45) is -3.22. The summed E-state index contributed by atoms with van der Waals surface area (Å²) in [5, 5.41) is 6.23. The fourth-order valence-corrected chi connectivity index (χ4v) is 2.30. The standard InChI is InChI=1S/C19H16F3N3O2/c20-19(21,22)17-10-11-25(24-17)15-8-6-14(7-9-15)12-23-18(26)13-27-16-4-2-1-3-5-16/h1-11H,12-13H2,(H,23,26). The van der Waals surface area contributed by atoms with Crippen molar-refractivity contribution in [3.8, 4) is 11.4 Å². The summed E-state index contributed by atoms with van der Waals surface area (Å²) in [7, 11) is 0. The molecule has 5 nitrogen and oxygen atoms in total. The highest BCUT2D eigenvalue weighted by atomic mass is 19.4. The number of carbonyl (C=O) groups excluding carboxylic acids is 1. The third-order valence-corrected chi connectivity index (χ3v) is 3.68. The van der Waals surface area contributed by atoms with Gasteiger partial charge in [-0.25, -0.2) is 4.68 Å². The van der Waals surface area contributed by atoms with Crippen molar-refractivity contribution >= 4 is 5.91 Å². The second-order valence-corrected chi connectivity index (χ2v) is 5.69. The van der Waals surface area contributed by atoms with Crippen LogP contribution in [0.15, 0.2) is 66.9 Å². The number of benzene rings is 2. The third-order valence-electron chi connectivity index (χ3n) is 3.68. The number of hydrogen-bond acceptors (Lipinski definition) is 3. The van der Waals surface area contributed by atoms with Gasteiger partial charge in [-0.2, -0.15) is 18.3 Å². The van der Waals surface area contributed by atoms with Gasteiger partial charge in [0.1, 0.15) is 5.75 Å². The maximum Gasteiger partial charge on any atom is 0.435 e. The summed E-state index contributed by atoms with van der Waals surface area (Å²) in [6, 6.07) is 16.6. The lowest BCUT2D eigenvalue weighted by Gasteiger charge is -2.08. The summed E-state index contributed by atoms with van der Waals surface area (Å²) in [4.78, 5) is 11.8. The number of halogens is 3. The molecule has 3 aromatic rings. The molecule has 1 heterocycles. The number of nitrogens with one attached hydrogen (secondary N) is 1. The van der Waals surface area contributed by atoms with Gasteiger partial charge in [0.05, 0.1) is 5.69 Å². The number of hydrogen-bond donors (Lipinski definition) is 1. The molecule has 3 rings (SSSR count). The number of alkyl halides is 3. The summed E-state index contributed by atoms with van der Waals surface area (Å²) in [6.45, 7) is 0.180. The molecule has 0 fully saturated rings. The van der Waals surface area contributed by atoms with E-state index in [4.69, 9.17) is 4.74 Å². The molecule has 2 aromatic carbocycles. The first-order valence-corrected chi connectivity index (χ1v) is 8.08. The van der Waals surface area contributed by atoms with Crippen LogP contribution in [0, 0.1) is 0 Å². The Kier molecular flexibility index (Phi) is 5.44. The highest BCUT2D eigenvalue weighted by Crippen LogP contribution is 2.27. The lowest BCUT2D eigenvalue weighted by Crippen LogP contribution is -2.28. The van der Waals surface area contributed by atoms with Crippen molar-refractivity contribution in [1.29, 1.82) is 0 Å². The summed E-state index contributed by atoms with van der Waals surface area (Å²) < 4.78 is 44.3. The third kappa shape index (κ3) is 5.10. The topological polar surface area (TPSA) is 56.1 Å². The largest absolute Gasteiger partial charge is 0.484 e. The Balaban J connectivity index is 1.52. The van der Waals surface area contributed by atoms with E-state index in [2.05, 4.69) is 10.4 Å². The number of amides is 1. The molecule has 140 valence electrons. The minimum Gasteiger partial charge on any atom is -0.484 e. The van der Waals surface area contributed by atoms with Gasteiger partial charge < -0.3 is 10.1 Å². The van der Waals surface area contributed by atoms with Gasteiger partial charge >= 0.3 is 6.18 Å². The molecule has 0 atom stereocenters. The van der Waals surface area contributed by atoms with Crippen LogP contribution >= 0.6 is 0 Å². The van der Waals surface area contributed by atoms with E-state index in [-0.39, 0.29) is 19.1 Å². The second-order valence-electron chi connectivity index (χ2n) is 5.69. The molecule has 0 spiro atoms. The average molecular weight is 375 g/mol. The van der Waals surface area contributed by atoms with Crippen LogP contribution in [-0.4, -0.2) is 22.3 Å². The van der Waals surface area contributed by atoms with Gasteiger partial charge in [0.25, 0.3) is 5.91 Å². The predicted molar refractivity (Wildman–Crippen MR) is 92.3 cm³/mol. The van der Waals surface area contributed by atoms with Crippen molar-refractivity contribution in [3.05, 3.63) is 78.1 Å². The van der Waals surface area contributed by atoms with E-state index in [1.165, 1.54) is 6.20 Å². The molecule has 1 amide bonds. The van der Waals surface area contributed by atoms with Crippen molar-refractivity contribution in [1.82, 2.24) is 15.1 Å². The molecule has 0 saturated heterocycles. The number of rotatable bonds is 6. The summed E-state index contributed by atoms with van der Waals surface area (Å²) >= 11 is 0. The molecular weight excluding hydrogens is 359 g/mol. The molecule has 0 aliphatic carbocycles. The zero-order valence-electron chi connectivity index (χ0n) is 14.1. The molecule has 27 heavy (non-hydrogen) atoms. The number of carbonyl (C=O) groups is 1. The Hall–Kier alpha value is -3.29. The van der Waals surface area contributed by atoms with E-state index in [1.807, 2.05) is 18.2 Å². The first kappa shape index (κ1) is 18.5. The quantitative estimate of drug-likeness (QED) is 0.716. The predicted octanol–water partition coefficient (Wildman–Crippen LogP) is 3.59. The van der Waals surface area contributed by atoms with E-state index in [0.717, 1.165) is 16.3 Å². The lowest BCUT2D eigenvalue weighted by molar-refractivity contribution is -0.141. The van der Waals surface area contributed by atoms with Gasteiger partial charge in [-0.3, -0.25) is 4.79 Å². The molecule has 0 bridgehead atoms. The minimum absolute atomic E-state index is 0.102. The second kappa shape index (κ2) is 7.94. The SMILES string of the molecule is O=C(COc1ccccc1)NCc1ccc(-n2ccc(C(F)(F)F)n2)cc1. The van der Waals surface area contributed by atoms with E-state index < -0.39 is 11.9 Å². The number of ether oxygens (including phenoxy) is 1. The van der Waals surface area contributed by atoms with Crippen molar-refractivity contribution in [3.63, 3.8) is 0 Å². The van der Waals surface area contributed by atoms with E-state index in [9.17, 15) is 18.0 Å². The molecule has 0 radical (unpaired) electrons. The number of para-hydroxylation sites is 1. The maximum absolute atomic E-state index is 12.6. The molecule has 8 heteroatoms. The average Bonchev–Trinajstić information content (AvgIpc) is 3.17. The molecular formula is C19H16F3N3O2. The van der Waals surface area contributed by atoms with Gasteiger partial charge in [-0.1, -0.05) is 30.3 Å². The van der Waals surface area contributed by atoms with E-state index in [1.54, 1.807) is 36.4 Å². The molecule has 0 saturated carbocycles. The van der Waals surface area contributed by atoms with Crippen molar-refractivity contribution in [2.75, 3.05) is 6.61 Å². The van der Waals surface area contributed by atoms with Crippen LogP contribution < -0.4 is 10.1 Å². The fraction of sp³-hybridized carbons (Fsp3) is 0.158. The van der Waals surface area contributed by atoms with E-state index in [0.29, 0.717) is 11.4 Å². The first-order valence-electron chi connectivity index (χ1n) is 8.08. The summed E-state index contributed by atoms with van der Waals surface area (Å²) in [5.41, 5.74) is 0.347. The maximum atomic E-state index is 12.6. The van der Waals surface area contributed by atoms with Crippen LogP contribution in [0.3, 0.4) is 0 Å². The van der Waals surface area contributed by atoms with Crippen molar-refractivity contribution in [2.45, 2.75) is 12.7 Å². The molecule has 0 aliphatic rings. The monoisotopic (exact) mass is 375 g/mol. The van der Waals surface area contributed by atoms with Gasteiger partial charge in [0, 0.05) is 12.7 Å². The Morgan fingerprint density at radius 1 is 1.04 bits per heavy atom. The number of nitrogens with zero attached hydrogens (tertiary/aromatic N) is 2. The lowest BCUT2D eigenvalue weighted by atomic mass is 10.2. The van der Waals surface area contributed by atoms with E-state index >= 15 is 0 Å². The van der Waals surface area contributed by atoms with Crippen molar-refractivity contribution < 1.29 is 22.7 Å². The fourth-order valence-electron chi connectivity index (χ4n) is 2.30. The van der Waals surface area contributed by atoms with Crippen LogP contribution in [-0.2, 0) is 17.5 Å². The molecule has 0 unspecified atom stereocenters. The molecule has 0 aliphatic heterocycles. The van der Waals surface area contributed by atoms with Gasteiger partial charge in [-0.05, 0) is 35.9 Å². The minimum atomic E-state index is -4.47. The number of aromatic nitrogens is 2. The van der Waals surface area contributed by atoms with Crippen molar-refractivity contribution in [2.24, 2.45) is 0 Å². The Bertz CT molecular complexity index is 891. The van der Waals surface area contributed by atoms with Crippen LogP contribution in [0.5, 0.6) is 5.75 Å². The highest BCUT2D eigenvalue weighted by Gasteiger charge is 2.33. The molecule has 1 N–H and O–H groups in total. The van der Waals surface area contributed by atoms with Gasteiger partial charge in [0.15, 0.2) is 12.3 Å². The highest BCUT2D eigenvalue weighted by molar-refractivity contribution is 5.77. The Morgan fingerprint density at radius 2 is 1.74 bits per heavy atom. The van der Waals surface area contributed by atoms with Gasteiger partial charge in [0.2, 0.25) is 0 Å². The van der Waals surface area contributed by atoms with Gasteiger partial charge in [-0.15, -0.1) is 0 Å². The van der Waals surface area contributed by atoms with Crippen LogP contribution in [0.4, 0.5) is 13.2 Å². The zero-order chi connectivity index (χ0) is 19.3. The first-order chi connectivity index (χ1) is 12.9. The van der Waals surface area contributed by atoms with Crippen LogP contribution in [0.2, 0.25) is 0 Å². The normalized spacial score (nSPS) is 11.2. The van der Waals surface area contributed by atoms with Crippen LogP contribution in [0.25, 0.3) is 5.69 Å². The van der Waals surface area contributed by atoms with Crippen LogP contribution in [0.1, 0.15) is 11.3 Å². The summed E-state index contributed by atoms with van der Waals surface area (Å²) in [5.74, 6) is 0.333.